The normalized spacial score (nSPS) is 23.0. The lowest BCUT2D eigenvalue weighted by Crippen LogP contribution is -2.42. The number of rotatable bonds is 2. The molecule has 0 amide bonds. The van der Waals surface area contributed by atoms with E-state index in [0.29, 0.717) is 11.6 Å². The zero-order valence-corrected chi connectivity index (χ0v) is 10.5. The molecule has 0 bridgehead atoms. The van der Waals surface area contributed by atoms with Crippen LogP contribution in [0.25, 0.3) is 0 Å². The Morgan fingerprint density at radius 2 is 2.18 bits per heavy atom. The third kappa shape index (κ3) is 2.98. The number of benzene rings is 1. The standard InChI is InChI=1S/C13H15ClN2O/c1-10-9-16(6-7-17-10)13(8-15)11-2-4-12(14)5-3-11/h2-5,10,13H,6-7,9H2,1H3/t10-,13+/m0/s1. The zero-order valence-electron chi connectivity index (χ0n) is 9.77. The number of nitrogens with zero attached hydrogens (tertiary/aromatic N) is 2. The van der Waals surface area contributed by atoms with Gasteiger partial charge in [-0.05, 0) is 24.6 Å². The Bertz CT molecular complexity index is 412. The van der Waals surface area contributed by atoms with Crippen LogP contribution in [0.5, 0.6) is 0 Å². The van der Waals surface area contributed by atoms with E-state index >= 15 is 0 Å². The van der Waals surface area contributed by atoms with Gasteiger partial charge in [-0.1, -0.05) is 23.7 Å². The first-order valence-electron chi connectivity index (χ1n) is 5.71. The first-order chi connectivity index (χ1) is 8.20. The lowest BCUT2D eigenvalue weighted by Gasteiger charge is -2.34. The highest BCUT2D eigenvalue weighted by molar-refractivity contribution is 6.30. The summed E-state index contributed by atoms with van der Waals surface area (Å²) in [6.45, 7) is 4.31. The molecule has 4 heteroatoms. The highest BCUT2D eigenvalue weighted by Crippen LogP contribution is 2.23. The minimum Gasteiger partial charge on any atom is -0.376 e. The predicted octanol–water partition coefficient (Wildman–Crippen LogP) is 2.63. The number of hydrogen-bond donors (Lipinski definition) is 0. The Labute approximate surface area is 107 Å². The third-order valence-corrected chi connectivity index (χ3v) is 3.20. The van der Waals surface area contributed by atoms with Crippen molar-refractivity contribution in [2.75, 3.05) is 19.7 Å². The fourth-order valence-corrected chi connectivity index (χ4v) is 2.22. The van der Waals surface area contributed by atoms with Crippen molar-refractivity contribution < 1.29 is 4.74 Å². The quantitative estimate of drug-likeness (QED) is 0.810. The molecule has 90 valence electrons. The van der Waals surface area contributed by atoms with E-state index < -0.39 is 0 Å². The van der Waals surface area contributed by atoms with E-state index in [1.54, 1.807) is 0 Å². The molecule has 0 radical (unpaired) electrons. The van der Waals surface area contributed by atoms with Crippen LogP contribution in [0.4, 0.5) is 0 Å². The van der Waals surface area contributed by atoms with E-state index in [0.717, 1.165) is 18.7 Å². The van der Waals surface area contributed by atoms with E-state index in [1.807, 2.05) is 31.2 Å². The van der Waals surface area contributed by atoms with Crippen molar-refractivity contribution in [2.24, 2.45) is 0 Å². The van der Waals surface area contributed by atoms with Crippen molar-refractivity contribution in [1.82, 2.24) is 4.90 Å². The maximum absolute atomic E-state index is 9.32. The summed E-state index contributed by atoms with van der Waals surface area (Å²) in [5.41, 5.74) is 0.992. The Morgan fingerprint density at radius 3 is 2.76 bits per heavy atom. The van der Waals surface area contributed by atoms with Crippen LogP contribution in [0.2, 0.25) is 5.02 Å². The van der Waals surface area contributed by atoms with E-state index in [4.69, 9.17) is 16.3 Å². The molecule has 1 heterocycles. The molecule has 0 saturated carbocycles. The lowest BCUT2D eigenvalue weighted by molar-refractivity contribution is -0.0269. The van der Waals surface area contributed by atoms with Crippen molar-refractivity contribution in [3.05, 3.63) is 34.9 Å². The molecule has 2 rings (SSSR count). The monoisotopic (exact) mass is 250 g/mol. The number of halogens is 1. The minimum atomic E-state index is -0.210. The second-order valence-electron chi connectivity index (χ2n) is 4.26. The van der Waals surface area contributed by atoms with Crippen LogP contribution < -0.4 is 0 Å². The maximum Gasteiger partial charge on any atom is 0.124 e. The largest absolute Gasteiger partial charge is 0.376 e. The van der Waals surface area contributed by atoms with Crippen molar-refractivity contribution in [3.8, 4) is 6.07 Å². The molecular formula is C13H15ClN2O. The van der Waals surface area contributed by atoms with Gasteiger partial charge in [-0.2, -0.15) is 5.26 Å². The molecule has 1 saturated heterocycles. The van der Waals surface area contributed by atoms with E-state index in [-0.39, 0.29) is 12.1 Å². The van der Waals surface area contributed by atoms with Crippen LogP contribution in [0.1, 0.15) is 18.5 Å². The molecule has 17 heavy (non-hydrogen) atoms. The zero-order chi connectivity index (χ0) is 12.3. The molecule has 0 N–H and O–H groups in total. The molecule has 1 aliphatic rings. The first kappa shape index (κ1) is 12.4. The molecule has 0 spiro atoms. The molecule has 1 fully saturated rings. The van der Waals surface area contributed by atoms with Crippen LogP contribution in [-0.4, -0.2) is 30.7 Å². The van der Waals surface area contributed by atoms with E-state index in [1.165, 1.54) is 0 Å². The van der Waals surface area contributed by atoms with Gasteiger partial charge >= 0.3 is 0 Å². The molecule has 0 unspecified atom stereocenters. The molecule has 1 aromatic rings. The average molecular weight is 251 g/mol. The number of hydrogen-bond acceptors (Lipinski definition) is 3. The van der Waals surface area contributed by atoms with E-state index in [9.17, 15) is 5.26 Å². The summed E-state index contributed by atoms with van der Waals surface area (Å²) in [6, 6.07) is 9.62. The van der Waals surface area contributed by atoms with Gasteiger partial charge in [-0.3, -0.25) is 4.90 Å². The van der Waals surface area contributed by atoms with Crippen LogP contribution in [0.3, 0.4) is 0 Å². The van der Waals surface area contributed by atoms with Gasteiger partial charge in [-0.25, -0.2) is 0 Å². The van der Waals surface area contributed by atoms with Crippen LogP contribution in [0, 0.1) is 11.3 Å². The summed E-state index contributed by atoms with van der Waals surface area (Å²) in [5.74, 6) is 0. The second kappa shape index (κ2) is 5.50. The van der Waals surface area contributed by atoms with Gasteiger partial charge in [0.2, 0.25) is 0 Å². The highest BCUT2D eigenvalue weighted by Gasteiger charge is 2.25. The Hall–Kier alpha value is -1.08. The fourth-order valence-electron chi connectivity index (χ4n) is 2.09. The average Bonchev–Trinajstić information content (AvgIpc) is 2.33. The Morgan fingerprint density at radius 1 is 1.47 bits per heavy atom. The van der Waals surface area contributed by atoms with Crippen LogP contribution in [-0.2, 0) is 4.74 Å². The van der Waals surface area contributed by atoms with Gasteiger partial charge in [0.15, 0.2) is 0 Å². The summed E-state index contributed by atoms with van der Waals surface area (Å²) >= 11 is 5.85. The van der Waals surface area contributed by atoms with Gasteiger partial charge in [-0.15, -0.1) is 0 Å². The third-order valence-electron chi connectivity index (χ3n) is 2.95. The minimum absolute atomic E-state index is 0.187. The maximum atomic E-state index is 9.32. The number of nitriles is 1. The predicted molar refractivity (Wildman–Crippen MR) is 66.8 cm³/mol. The molecular weight excluding hydrogens is 236 g/mol. The highest BCUT2D eigenvalue weighted by atomic mass is 35.5. The summed E-state index contributed by atoms with van der Waals surface area (Å²) < 4.78 is 5.49. The number of ether oxygens (including phenoxy) is 1. The Kier molecular flexibility index (Phi) is 4.01. The summed E-state index contributed by atoms with van der Waals surface area (Å²) in [6.07, 6.45) is 0.187. The molecule has 1 aromatic carbocycles. The van der Waals surface area contributed by atoms with Crippen LogP contribution in [0.15, 0.2) is 24.3 Å². The molecule has 0 aliphatic carbocycles. The molecule has 1 aliphatic heterocycles. The summed E-state index contributed by atoms with van der Waals surface area (Å²) in [5, 5.41) is 10.0. The number of morpholine rings is 1. The van der Waals surface area contributed by atoms with Gasteiger partial charge in [0.25, 0.3) is 0 Å². The molecule has 2 atom stereocenters. The Balaban J connectivity index is 2.16. The first-order valence-corrected chi connectivity index (χ1v) is 6.09. The van der Waals surface area contributed by atoms with E-state index in [2.05, 4.69) is 11.0 Å². The SMILES string of the molecule is C[C@H]1CN([C@H](C#N)c2ccc(Cl)cc2)CCO1. The van der Waals surface area contributed by atoms with Crippen molar-refractivity contribution in [3.63, 3.8) is 0 Å². The van der Waals surface area contributed by atoms with Gasteiger partial charge in [0.05, 0.1) is 18.8 Å². The van der Waals surface area contributed by atoms with Crippen LogP contribution >= 0.6 is 11.6 Å². The molecule has 0 aromatic heterocycles. The van der Waals surface area contributed by atoms with Gasteiger partial charge in [0, 0.05) is 18.1 Å². The smallest absolute Gasteiger partial charge is 0.124 e. The van der Waals surface area contributed by atoms with Crippen molar-refractivity contribution in [2.45, 2.75) is 19.1 Å². The molecule has 3 nitrogen and oxygen atoms in total. The summed E-state index contributed by atoms with van der Waals surface area (Å²) in [4.78, 5) is 2.15. The fraction of sp³-hybridized carbons (Fsp3) is 0.462. The topological polar surface area (TPSA) is 36.3 Å². The van der Waals surface area contributed by atoms with Gasteiger partial charge in [0.1, 0.15) is 6.04 Å². The lowest BCUT2D eigenvalue weighted by atomic mass is 10.1. The summed E-state index contributed by atoms with van der Waals surface area (Å²) in [7, 11) is 0. The van der Waals surface area contributed by atoms with Gasteiger partial charge < -0.3 is 4.74 Å². The van der Waals surface area contributed by atoms with Crippen molar-refractivity contribution >= 4 is 11.6 Å². The van der Waals surface area contributed by atoms with Crippen molar-refractivity contribution in [1.29, 1.82) is 5.26 Å². The second-order valence-corrected chi connectivity index (χ2v) is 4.70.